The quantitative estimate of drug-likeness (QED) is 0.619. The molecule has 1 heterocycles. The Bertz CT molecular complexity index is 926. The Kier molecular flexibility index (Phi) is 6.62. The second-order valence-electron chi connectivity index (χ2n) is 5.86. The van der Waals surface area contributed by atoms with Crippen molar-refractivity contribution in [3.8, 4) is 11.3 Å². The lowest BCUT2D eigenvalue weighted by atomic mass is 10.2. The number of carbonyl (C=O) groups is 2. The molecule has 5 nitrogen and oxygen atoms in total. The number of nitrogens with zero attached hydrogens (tertiary/aromatic N) is 1. The number of anilines is 2. The molecule has 2 amide bonds. The molecule has 3 rings (SSSR count). The third-order valence-electron chi connectivity index (χ3n) is 3.59. The largest absolute Gasteiger partial charge is 0.325 e. The Labute approximate surface area is 166 Å². The molecule has 0 unspecified atom stereocenters. The van der Waals surface area contributed by atoms with Crippen molar-refractivity contribution in [1.82, 2.24) is 4.98 Å². The molecule has 0 spiro atoms. The molecule has 0 saturated carbocycles. The smallest absolute Gasteiger partial charge is 0.236 e. The highest BCUT2D eigenvalue weighted by atomic mass is 32.2. The maximum atomic E-state index is 12.0. The number of hydrogen-bond donors (Lipinski definition) is 2. The molecule has 0 saturated heterocycles. The van der Waals surface area contributed by atoms with Gasteiger partial charge in [0.15, 0.2) is 5.13 Å². The summed E-state index contributed by atoms with van der Waals surface area (Å²) >= 11 is 2.65. The van der Waals surface area contributed by atoms with Gasteiger partial charge >= 0.3 is 0 Å². The highest BCUT2D eigenvalue weighted by Crippen LogP contribution is 2.24. The molecule has 0 bridgehead atoms. The molecular formula is C20H19N3O2S2. The molecular weight excluding hydrogens is 378 g/mol. The van der Waals surface area contributed by atoms with Gasteiger partial charge in [0.05, 0.1) is 17.2 Å². The van der Waals surface area contributed by atoms with Gasteiger partial charge in [-0.1, -0.05) is 42.5 Å². The maximum Gasteiger partial charge on any atom is 0.236 e. The molecule has 3 aromatic rings. The first-order valence-corrected chi connectivity index (χ1v) is 10.4. The lowest BCUT2D eigenvalue weighted by Crippen LogP contribution is -2.18. The van der Waals surface area contributed by atoms with Crippen LogP contribution in [0.5, 0.6) is 0 Å². The lowest BCUT2D eigenvalue weighted by molar-refractivity contribution is -0.114. The number of aryl methyl sites for hydroxylation is 1. The van der Waals surface area contributed by atoms with Crippen molar-refractivity contribution < 1.29 is 9.59 Å². The van der Waals surface area contributed by atoms with Gasteiger partial charge in [-0.25, -0.2) is 4.98 Å². The first-order chi connectivity index (χ1) is 13.1. The van der Waals surface area contributed by atoms with Gasteiger partial charge in [0.25, 0.3) is 0 Å². The van der Waals surface area contributed by atoms with Crippen molar-refractivity contribution in [3.05, 3.63) is 65.5 Å². The standard InChI is InChI=1S/C20H19N3O2S2/c1-14-6-5-9-16(10-14)21-18(24)12-26-13-19(25)23-20-22-17(11-27-20)15-7-3-2-4-8-15/h2-11H,12-13H2,1H3,(H,21,24)(H,22,23,25). The molecule has 2 aromatic carbocycles. The third-order valence-corrected chi connectivity index (χ3v) is 5.28. The Hall–Kier alpha value is -2.64. The van der Waals surface area contributed by atoms with Crippen LogP contribution in [0.2, 0.25) is 0 Å². The topological polar surface area (TPSA) is 71.1 Å². The number of thiazole rings is 1. The average molecular weight is 398 g/mol. The van der Waals surface area contributed by atoms with Gasteiger partial charge in [-0.15, -0.1) is 23.1 Å². The van der Waals surface area contributed by atoms with E-state index in [2.05, 4.69) is 15.6 Å². The van der Waals surface area contributed by atoms with Crippen molar-refractivity contribution >= 4 is 45.7 Å². The van der Waals surface area contributed by atoms with Crippen LogP contribution in [0.15, 0.2) is 60.0 Å². The normalized spacial score (nSPS) is 10.4. The van der Waals surface area contributed by atoms with Gasteiger partial charge < -0.3 is 10.6 Å². The SMILES string of the molecule is Cc1cccc(NC(=O)CSCC(=O)Nc2nc(-c3ccccc3)cs2)c1. The number of carbonyl (C=O) groups excluding carboxylic acids is 2. The molecule has 1 aromatic heterocycles. The van der Waals surface area contributed by atoms with Crippen LogP contribution in [0.1, 0.15) is 5.56 Å². The molecule has 0 aliphatic carbocycles. The van der Waals surface area contributed by atoms with E-state index in [0.29, 0.717) is 5.13 Å². The molecule has 0 aliphatic rings. The van der Waals surface area contributed by atoms with E-state index in [-0.39, 0.29) is 23.3 Å². The summed E-state index contributed by atoms with van der Waals surface area (Å²) in [6.07, 6.45) is 0. The van der Waals surface area contributed by atoms with E-state index in [4.69, 9.17) is 0 Å². The summed E-state index contributed by atoms with van der Waals surface area (Å²) in [6.45, 7) is 1.97. The minimum absolute atomic E-state index is 0.126. The number of thioether (sulfide) groups is 1. The summed E-state index contributed by atoms with van der Waals surface area (Å²) < 4.78 is 0. The van der Waals surface area contributed by atoms with E-state index in [1.54, 1.807) is 0 Å². The minimum Gasteiger partial charge on any atom is -0.325 e. The molecule has 27 heavy (non-hydrogen) atoms. The molecule has 0 radical (unpaired) electrons. The predicted molar refractivity (Wildman–Crippen MR) is 113 cm³/mol. The van der Waals surface area contributed by atoms with Crippen molar-refractivity contribution in [2.45, 2.75) is 6.92 Å². The number of benzene rings is 2. The highest BCUT2D eigenvalue weighted by Gasteiger charge is 2.09. The fraction of sp³-hybridized carbons (Fsp3) is 0.150. The number of amides is 2. The summed E-state index contributed by atoms with van der Waals surface area (Å²) in [6, 6.07) is 17.4. The Morgan fingerprint density at radius 1 is 1.00 bits per heavy atom. The van der Waals surface area contributed by atoms with Gasteiger partial charge in [-0.2, -0.15) is 0 Å². The number of rotatable bonds is 7. The Balaban J connectivity index is 1.42. The van der Waals surface area contributed by atoms with Crippen LogP contribution in [0.25, 0.3) is 11.3 Å². The number of hydrogen-bond acceptors (Lipinski definition) is 5. The monoisotopic (exact) mass is 397 g/mol. The zero-order valence-electron chi connectivity index (χ0n) is 14.8. The van der Waals surface area contributed by atoms with Gasteiger partial charge in [0.1, 0.15) is 0 Å². The predicted octanol–water partition coefficient (Wildman–Crippen LogP) is 4.43. The van der Waals surface area contributed by atoms with Crippen LogP contribution in [-0.2, 0) is 9.59 Å². The Morgan fingerprint density at radius 2 is 1.74 bits per heavy atom. The van der Waals surface area contributed by atoms with Crippen molar-refractivity contribution in [2.75, 3.05) is 22.1 Å². The van der Waals surface area contributed by atoms with Gasteiger partial charge in [-0.3, -0.25) is 9.59 Å². The van der Waals surface area contributed by atoms with Crippen LogP contribution >= 0.6 is 23.1 Å². The van der Waals surface area contributed by atoms with Crippen LogP contribution < -0.4 is 10.6 Å². The second kappa shape index (κ2) is 9.34. The van der Waals surface area contributed by atoms with Gasteiger partial charge in [0.2, 0.25) is 11.8 Å². The van der Waals surface area contributed by atoms with Crippen LogP contribution in [0.4, 0.5) is 10.8 Å². The van der Waals surface area contributed by atoms with Gasteiger partial charge in [0, 0.05) is 16.6 Å². The summed E-state index contributed by atoms with van der Waals surface area (Å²) in [4.78, 5) is 28.4. The summed E-state index contributed by atoms with van der Waals surface area (Å²) in [5.41, 5.74) is 3.69. The van der Waals surface area contributed by atoms with Gasteiger partial charge in [-0.05, 0) is 24.6 Å². The summed E-state index contributed by atoms with van der Waals surface area (Å²) in [7, 11) is 0. The van der Waals surface area contributed by atoms with Crippen molar-refractivity contribution in [2.24, 2.45) is 0 Å². The Morgan fingerprint density at radius 3 is 2.48 bits per heavy atom. The van der Waals surface area contributed by atoms with Crippen LogP contribution in [0, 0.1) is 6.92 Å². The molecule has 0 atom stereocenters. The maximum absolute atomic E-state index is 12.0. The highest BCUT2D eigenvalue weighted by molar-refractivity contribution is 8.00. The second-order valence-corrected chi connectivity index (χ2v) is 7.71. The zero-order valence-corrected chi connectivity index (χ0v) is 16.4. The fourth-order valence-electron chi connectivity index (χ4n) is 2.38. The fourth-order valence-corrected chi connectivity index (χ4v) is 3.74. The first kappa shape index (κ1) is 19.1. The van der Waals surface area contributed by atoms with E-state index in [0.717, 1.165) is 22.5 Å². The minimum atomic E-state index is -0.169. The van der Waals surface area contributed by atoms with Crippen LogP contribution in [0.3, 0.4) is 0 Å². The zero-order chi connectivity index (χ0) is 19.1. The van der Waals surface area contributed by atoms with E-state index in [1.165, 1.54) is 23.1 Å². The first-order valence-electron chi connectivity index (χ1n) is 8.35. The van der Waals surface area contributed by atoms with Crippen LogP contribution in [-0.4, -0.2) is 28.3 Å². The molecule has 0 fully saturated rings. The van der Waals surface area contributed by atoms with E-state index in [1.807, 2.05) is 66.9 Å². The summed E-state index contributed by atoms with van der Waals surface area (Å²) in [5, 5.41) is 8.07. The number of nitrogens with one attached hydrogen (secondary N) is 2. The summed E-state index contributed by atoms with van der Waals surface area (Å²) in [5.74, 6) is 0.118. The molecule has 2 N–H and O–H groups in total. The van der Waals surface area contributed by atoms with E-state index >= 15 is 0 Å². The molecule has 7 heteroatoms. The molecule has 0 aliphatic heterocycles. The van der Waals surface area contributed by atoms with E-state index < -0.39 is 0 Å². The van der Waals surface area contributed by atoms with Crippen molar-refractivity contribution in [3.63, 3.8) is 0 Å². The lowest BCUT2D eigenvalue weighted by Gasteiger charge is -2.06. The third kappa shape index (κ3) is 5.94. The van der Waals surface area contributed by atoms with E-state index in [9.17, 15) is 9.59 Å². The van der Waals surface area contributed by atoms with Crippen molar-refractivity contribution in [1.29, 1.82) is 0 Å². The molecule has 138 valence electrons. The average Bonchev–Trinajstić information content (AvgIpc) is 3.11. The number of aromatic nitrogens is 1.